The maximum atomic E-state index is 5.25. The zero-order valence-electron chi connectivity index (χ0n) is 4.68. The van der Waals surface area contributed by atoms with Gasteiger partial charge >= 0.3 is 0 Å². The molecule has 1 saturated heterocycles. The highest BCUT2D eigenvalue weighted by Crippen LogP contribution is 2.17. The van der Waals surface area contributed by atoms with Crippen LogP contribution in [0.15, 0.2) is 0 Å². The van der Waals surface area contributed by atoms with Gasteiger partial charge in [-0.1, -0.05) is 0 Å². The monoisotopic (exact) mass is 99.1 g/mol. The standard InChI is InChI=1S/C6H11O/c1-5-3-4-6(2)7-5/h5-6H,1,3-4H2,2H3/t5-,6-/m0/s1. The molecule has 1 aliphatic heterocycles. The lowest BCUT2D eigenvalue weighted by molar-refractivity contribution is 0.0818. The number of rotatable bonds is 0. The van der Waals surface area contributed by atoms with Crippen molar-refractivity contribution in [2.45, 2.75) is 32.0 Å². The van der Waals surface area contributed by atoms with Crippen molar-refractivity contribution in [2.24, 2.45) is 0 Å². The molecule has 0 aromatic heterocycles. The van der Waals surface area contributed by atoms with E-state index in [-0.39, 0.29) is 6.10 Å². The summed E-state index contributed by atoms with van der Waals surface area (Å²) in [5, 5.41) is 0. The fourth-order valence-corrected chi connectivity index (χ4v) is 0.885. The summed E-state index contributed by atoms with van der Waals surface area (Å²) in [7, 11) is 0. The number of ether oxygens (including phenoxy) is 1. The molecule has 0 unspecified atom stereocenters. The lowest BCUT2D eigenvalue weighted by atomic mass is 10.2. The summed E-state index contributed by atoms with van der Waals surface area (Å²) in [5.74, 6) is 0. The summed E-state index contributed by atoms with van der Waals surface area (Å²) in [5.41, 5.74) is 0. The van der Waals surface area contributed by atoms with Crippen LogP contribution < -0.4 is 0 Å². The van der Waals surface area contributed by atoms with Gasteiger partial charge in [-0.25, -0.2) is 0 Å². The van der Waals surface area contributed by atoms with E-state index in [4.69, 9.17) is 4.74 Å². The highest BCUT2D eigenvalue weighted by Gasteiger charge is 2.16. The van der Waals surface area contributed by atoms with Crippen molar-refractivity contribution in [3.05, 3.63) is 6.92 Å². The quantitative estimate of drug-likeness (QED) is 0.446. The van der Waals surface area contributed by atoms with Gasteiger partial charge in [0.2, 0.25) is 0 Å². The van der Waals surface area contributed by atoms with Crippen LogP contribution >= 0.6 is 0 Å². The Morgan fingerprint density at radius 3 is 2.43 bits per heavy atom. The van der Waals surface area contributed by atoms with Crippen LogP contribution in [0.1, 0.15) is 19.8 Å². The molecule has 0 aromatic carbocycles. The van der Waals surface area contributed by atoms with Gasteiger partial charge in [0.15, 0.2) is 0 Å². The second-order valence-electron chi connectivity index (χ2n) is 2.15. The minimum Gasteiger partial charge on any atom is -0.375 e. The van der Waals surface area contributed by atoms with Crippen molar-refractivity contribution in [1.82, 2.24) is 0 Å². The molecule has 1 rings (SSSR count). The molecule has 0 spiro atoms. The average Bonchev–Trinajstić information content (AvgIpc) is 1.87. The normalized spacial score (nSPS) is 42.0. The van der Waals surface area contributed by atoms with Crippen LogP contribution in [0.2, 0.25) is 0 Å². The Morgan fingerprint density at radius 1 is 1.57 bits per heavy atom. The van der Waals surface area contributed by atoms with Crippen molar-refractivity contribution >= 4 is 0 Å². The summed E-state index contributed by atoms with van der Waals surface area (Å²) < 4.78 is 5.25. The van der Waals surface area contributed by atoms with Crippen LogP contribution in [-0.4, -0.2) is 12.2 Å². The van der Waals surface area contributed by atoms with Gasteiger partial charge < -0.3 is 4.74 Å². The maximum Gasteiger partial charge on any atom is 0.0580 e. The van der Waals surface area contributed by atoms with Gasteiger partial charge in [0.1, 0.15) is 0 Å². The van der Waals surface area contributed by atoms with Crippen molar-refractivity contribution in [3.63, 3.8) is 0 Å². The first-order chi connectivity index (χ1) is 3.29. The molecule has 0 aromatic rings. The van der Waals surface area contributed by atoms with Gasteiger partial charge in [-0.15, -0.1) is 0 Å². The van der Waals surface area contributed by atoms with Gasteiger partial charge in [-0.05, 0) is 26.7 Å². The third kappa shape index (κ3) is 1.16. The summed E-state index contributed by atoms with van der Waals surface area (Å²) in [4.78, 5) is 0. The number of hydrogen-bond acceptors (Lipinski definition) is 1. The van der Waals surface area contributed by atoms with Gasteiger partial charge in [0.05, 0.1) is 12.2 Å². The van der Waals surface area contributed by atoms with Crippen LogP contribution in [0.4, 0.5) is 0 Å². The molecular formula is C6H11O. The fraction of sp³-hybridized carbons (Fsp3) is 0.833. The molecule has 1 nitrogen and oxygen atoms in total. The summed E-state index contributed by atoms with van der Waals surface area (Å²) >= 11 is 0. The van der Waals surface area contributed by atoms with Crippen molar-refractivity contribution in [3.8, 4) is 0 Å². The molecule has 1 heteroatoms. The van der Waals surface area contributed by atoms with Gasteiger partial charge in [-0.3, -0.25) is 0 Å². The van der Waals surface area contributed by atoms with Crippen LogP contribution in [-0.2, 0) is 4.74 Å². The molecule has 1 heterocycles. The second kappa shape index (κ2) is 1.83. The van der Waals surface area contributed by atoms with Crippen LogP contribution in [0, 0.1) is 6.92 Å². The lowest BCUT2D eigenvalue weighted by Gasteiger charge is -2.01. The molecule has 1 radical (unpaired) electrons. The van der Waals surface area contributed by atoms with E-state index in [0.717, 1.165) is 6.42 Å². The van der Waals surface area contributed by atoms with E-state index in [1.54, 1.807) is 0 Å². The Hall–Kier alpha value is -0.0400. The van der Waals surface area contributed by atoms with E-state index in [2.05, 4.69) is 13.8 Å². The van der Waals surface area contributed by atoms with E-state index in [0.29, 0.717) is 6.10 Å². The molecule has 0 saturated carbocycles. The first kappa shape index (κ1) is 5.10. The Morgan fingerprint density at radius 2 is 2.29 bits per heavy atom. The average molecular weight is 99.2 g/mol. The molecular weight excluding hydrogens is 88.1 g/mol. The van der Waals surface area contributed by atoms with E-state index in [1.165, 1.54) is 6.42 Å². The van der Waals surface area contributed by atoms with Crippen LogP contribution in [0.3, 0.4) is 0 Å². The first-order valence-corrected chi connectivity index (χ1v) is 2.77. The Balaban J connectivity index is 2.26. The Labute approximate surface area is 44.7 Å². The van der Waals surface area contributed by atoms with E-state index >= 15 is 0 Å². The van der Waals surface area contributed by atoms with Crippen molar-refractivity contribution in [2.75, 3.05) is 0 Å². The topological polar surface area (TPSA) is 9.23 Å². The van der Waals surface area contributed by atoms with Gasteiger partial charge in [0, 0.05) is 0 Å². The highest BCUT2D eigenvalue weighted by atomic mass is 16.5. The summed E-state index contributed by atoms with van der Waals surface area (Å²) in [6, 6.07) is 0. The molecule has 0 bridgehead atoms. The van der Waals surface area contributed by atoms with Gasteiger partial charge in [-0.2, -0.15) is 0 Å². The maximum absolute atomic E-state index is 5.25. The lowest BCUT2D eigenvalue weighted by Crippen LogP contribution is -2.02. The minimum atomic E-state index is 0.273. The summed E-state index contributed by atoms with van der Waals surface area (Å²) in [6.07, 6.45) is 3.06. The zero-order chi connectivity index (χ0) is 5.28. The third-order valence-corrected chi connectivity index (χ3v) is 1.32. The molecule has 0 aliphatic carbocycles. The Bertz CT molecular complexity index is 53.2. The molecule has 2 atom stereocenters. The van der Waals surface area contributed by atoms with E-state index in [9.17, 15) is 0 Å². The molecule has 41 valence electrons. The smallest absolute Gasteiger partial charge is 0.0580 e. The largest absolute Gasteiger partial charge is 0.375 e. The first-order valence-electron chi connectivity index (χ1n) is 2.77. The third-order valence-electron chi connectivity index (χ3n) is 1.32. The minimum absolute atomic E-state index is 0.273. The Kier molecular flexibility index (Phi) is 1.33. The predicted molar refractivity (Wildman–Crippen MR) is 28.9 cm³/mol. The van der Waals surface area contributed by atoms with Crippen LogP contribution in [0.5, 0.6) is 0 Å². The molecule has 0 N–H and O–H groups in total. The van der Waals surface area contributed by atoms with Gasteiger partial charge in [0.25, 0.3) is 0 Å². The zero-order valence-corrected chi connectivity index (χ0v) is 4.68. The van der Waals surface area contributed by atoms with Crippen molar-refractivity contribution < 1.29 is 4.74 Å². The molecule has 1 fully saturated rings. The molecule has 7 heavy (non-hydrogen) atoms. The predicted octanol–water partition coefficient (Wildman–Crippen LogP) is 1.39. The molecule has 0 amide bonds. The molecule has 1 aliphatic rings. The van der Waals surface area contributed by atoms with E-state index < -0.39 is 0 Å². The van der Waals surface area contributed by atoms with E-state index in [1.807, 2.05) is 0 Å². The van der Waals surface area contributed by atoms with Crippen LogP contribution in [0.25, 0.3) is 0 Å². The second-order valence-corrected chi connectivity index (χ2v) is 2.15. The fourth-order valence-electron chi connectivity index (χ4n) is 0.885. The van der Waals surface area contributed by atoms with Crippen molar-refractivity contribution in [1.29, 1.82) is 0 Å². The SMILES string of the molecule is [CH2][C@H]1CC[C@H](C)O1. The number of hydrogen-bond donors (Lipinski definition) is 0. The highest BCUT2D eigenvalue weighted by molar-refractivity contribution is 4.70. The summed E-state index contributed by atoms with van der Waals surface area (Å²) in [6.45, 7) is 5.85.